The maximum absolute atomic E-state index is 12.4. The van der Waals surface area contributed by atoms with E-state index in [1.54, 1.807) is 0 Å². The lowest BCUT2D eigenvalue weighted by Crippen LogP contribution is -2.40. The molecule has 1 aliphatic rings. The van der Waals surface area contributed by atoms with Gasteiger partial charge >= 0.3 is 0 Å². The maximum Gasteiger partial charge on any atom is 0.241 e. The summed E-state index contributed by atoms with van der Waals surface area (Å²) in [4.78, 5) is 26.5. The zero-order valence-corrected chi connectivity index (χ0v) is 16.5. The molecular formula is C23H29N3O2. The molecule has 0 aliphatic carbocycles. The molecule has 2 amide bonds. The lowest BCUT2D eigenvalue weighted by atomic mass is 9.99. The smallest absolute Gasteiger partial charge is 0.241 e. The third-order valence-corrected chi connectivity index (χ3v) is 5.21. The van der Waals surface area contributed by atoms with E-state index in [1.165, 1.54) is 0 Å². The van der Waals surface area contributed by atoms with Crippen LogP contribution in [-0.4, -0.2) is 36.3 Å². The van der Waals surface area contributed by atoms with E-state index in [2.05, 4.69) is 17.6 Å². The van der Waals surface area contributed by atoms with E-state index >= 15 is 0 Å². The quantitative estimate of drug-likeness (QED) is 0.766. The third-order valence-electron chi connectivity index (χ3n) is 5.21. The van der Waals surface area contributed by atoms with Crippen molar-refractivity contribution in [3.63, 3.8) is 0 Å². The minimum atomic E-state index is -0.0143. The number of carbonyl (C=O) groups excluding carboxylic acids is 2. The predicted octanol–water partition coefficient (Wildman–Crippen LogP) is 3.93. The van der Waals surface area contributed by atoms with E-state index in [0.29, 0.717) is 18.8 Å². The van der Waals surface area contributed by atoms with Gasteiger partial charge in [-0.15, -0.1) is 0 Å². The molecule has 3 rings (SSSR count). The zero-order valence-electron chi connectivity index (χ0n) is 16.5. The number of aryl methyl sites for hydroxylation is 1. The Kier molecular flexibility index (Phi) is 7.06. The number of anilines is 2. The molecule has 2 aromatic rings. The lowest BCUT2D eigenvalue weighted by molar-refractivity contribution is -0.130. The van der Waals surface area contributed by atoms with Gasteiger partial charge in [0.1, 0.15) is 0 Å². The van der Waals surface area contributed by atoms with Gasteiger partial charge in [0, 0.05) is 30.9 Å². The van der Waals surface area contributed by atoms with Gasteiger partial charge in [0.25, 0.3) is 0 Å². The second-order valence-electron chi connectivity index (χ2n) is 7.53. The first-order valence-corrected chi connectivity index (χ1v) is 10.1. The fourth-order valence-corrected chi connectivity index (χ4v) is 3.38. The Hall–Kier alpha value is -2.82. The molecule has 1 fully saturated rings. The molecule has 0 saturated carbocycles. The summed E-state index contributed by atoms with van der Waals surface area (Å²) in [5, 5.41) is 6.12. The average Bonchev–Trinajstić information content (AvgIpc) is 2.72. The number of piperidine rings is 1. The van der Waals surface area contributed by atoms with E-state index < -0.39 is 0 Å². The van der Waals surface area contributed by atoms with E-state index in [9.17, 15) is 9.59 Å². The molecule has 5 nitrogen and oxygen atoms in total. The second kappa shape index (κ2) is 9.93. The second-order valence-corrected chi connectivity index (χ2v) is 7.53. The molecule has 148 valence electrons. The fourth-order valence-electron chi connectivity index (χ4n) is 3.38. The predicted molar refractivity (Wildman–Crippen MR) is 113 cm³/mol. The molecule has 0 aromatic heterocycles. The number of benzene rings is 2. The van der Waals surface area contributed by atoms with Crippen molar-refractivity contribution in [2.75, 3.05) is 30.3 Å². The summed E-state index contributed by atoms with van der Waals surface area (Å²) >= 11 is 0. The Morgan fingerprint density at radius 2 is 1.71 bits per heavy atom. The zero-order chi connectivity index (χ0) is 19.8. The first kappa shape index (κ1) is 19.9. The van der Waals surface area contributed by atoms with Crippen LogP contribution in [0.5, 0.6) is 0 Å². The molecule has 1 aliphatic heterocycles. The summed E-state index contributed by atoms with van der Waals surface area (Å²) in [5.41, 5.74) is 2.72. The number of rotatable bonds is 7. The van der Waals surface area contributed by atoms with Gasteiger partial charge in [0.05, 0.1) is 6.54 Å². The van der Waals surface area contributed by atoms with Gasteiger partial charge in [-0.2, -0.15) is 0 Å². The van der Waals surface area contributed by atoms with Gasteiger partial charge in [-0.05, 0) is 48.9 Å². The molecule has 2 N–H and O–H groups in total. The van der Waals surface area contributed by atoms with E-state index in [4.69, 9.17) is 0 Å². The largest absolute Gasteiger partial charge is 0.376 e. The highest BCUT2D eigenvalue weighted by Crippen LogP contribution is 2.18. The minimum absolute atomic E-state index is 0.0143. The number of amides is 2. The van der Waals surface area contributed by atoms with Gasteiger partial charge in [-0.1, -0.05) is 43.3 Å². The van der Waals surface area contributed by atoms with E-state index in [0.717, 1.165) is 42.9 Å². The molecule has 0 unspecified atom stereocenters. The van der Waals surface area contributed by atoms with Crippen LogP contribution >= 0.6 is 0 Å². The Labute approximate surface area is 167 Å². The molecule has 2 aromatic carbocycles. The molecule has 0 bridgehead atoms. The van der Waals surface area contributed by atoms with Crippen LogP contribution in [-0.2, 0) is 16.0 Å². The Morgan fingerprint density at radius 3 is 2.46 bits per heavy atom. The lowest BCUT2D eigenvalue weighted by Gasteiger charge is -2.30. The van der Waals surface area contributed by atoms with Crippen molar-refractivity contribution in [2.24, 2.45) is 5.92 Å². The highest BCUT2D eigenvalue weighted by Gasteiger charge is 2.19. The minimum Gasteiger partial charge on any atom is -0.376 e. The Morgan fingerprint density at radius 1 is 1.00 bits per heavy atom. The Balaban J connectivity index is 1.45. The van der Waals surface area contributed by atoms with Crippen LogP contribution < -0.4 is 10.6 Å². The van der Waals surface area contributed by atoms with Gasteiger partial charge < -0.3 is 15.5 Å². The number of nitrogens with zero attached hydrogens (tertiary/aromatic N) is 1. The van der Waals surface area contributed by atoms with Crippen molar-refractivity contribution < 1.29 is 9.59 Å². The highest BCUT2D eigenvalue weighted by molar-refractivity contribution is 5.91. The highest BCUT2D eigenvalue weighted by atomic mass is 16.2. The fraction of sp³-hybridized carbons (Fsp3) is 0.391. The van der Waals surface area contributed by atoms with Crippen molar-refractivity contribution in [1.29, 1.82) is 0 Å². The molecule has 28 heavy (non-hydrogen) atoms. The molecular weight excluding hydrogens is 350 g/mol. The normalized spacial score (nSPS) is 14.5. The van der Waals surface area contributed by atoms with E-state index in [1.807, 2.05) is 59.5 Å². The van der Waals surface area contributed by atoms with Gasteiger partial charge in [-0.25, -0.2) is 0 Å². The molecule has 1 heterocycles. The number of hydrogen-bond donors (Lipinski definition) is 2. The molecule has 5 heteroatoms. The molecule has 0 atom stereocenters. The van der Waals surface area contributed by atoms with Crippen molar-refractivity contribution >= 4 is 23.2 Å². The monoisotopic (exact) mass is 379 g/mol. The van der Waals surface area contributed by atoms with Gasteiger partial charge in [0.2, 0.25) is 11.8 Å². The third kappa shape index (κ3) is 6.12. The van der Waals surface area contributed by atoms with Crippen LogP contribution in [0.1, 0.15) is 31.7 Å². The van der Waals surface area contributed by atoms with Crippen molar-refractivity contribution in [1.82, 2.24) is 4.90 Å². The summed E-state index contributed by atoms with van der Waals surface area (Å²) in [6, 6.07) is 17.5. The van der Waals surface area contributed by atoms with Crippen LogP contribution in [0.4, 0.5) is 11.4 Å². The van der Waals surface area contributed by atoms with Crippen LogP contribution in [0.3, 0.4) is 0 Å². The molecule has 0 spiro atoms. The van der Waals surface area contributed by atoms with Crippen molar-refractivity contribution in [3.05, 3.63) is 60.2 Å². The Bertz CT molecular complexity index is 783. The molecule has 1 saturated heterocycles. The summed E-state index contributed by atoms with van der Waals surface area (Å²) < 4.78 is 0. The number of likely N-dealkylation sites (tertiary alicyclic amines) is 1. The summed E-state index contributed by atoms with van der Waals surface area (Å²) in [7, 11) is 0. The summed E-state index contributed by atoms with van der Waals surface area (Å²) in [6.45, 7) is 4.21. The van der Waals surface area contributed by atoms with Crippen LogP contribution in [0.25, 0.3) is 0 Å². The SMILES string of the molecule is CC1CCN(C(=O)CNc2cccc(NC(=O)CCc3ccccc3)c2)CC1. The standard InChI is InChI=1S/C23H29N3O2/c1-18-12-14-26(15-13-18)23(28)17-24-20-8-5-9-21(16-20)25-22(27)11-10-19-6-3-2-4-7-19/h2-9,16,18,24H,10-15,17H2,1H3,(H,25,27). The van der Waals surface area contributed by atoms with Crippen LogP contribution in [0, 0.1) is 5.92 Å². The number of carbonyl (C=O) groups is 2. The van der Waals surface area contributed by atoms with Crippen molar-refractivity contribution in [2.45, 2.75) is 32.6 Å². The first-order valence-electron chi connectivity index (χ1n) is 10.1. The molecule has 0 radical (unpaired) electrons. The van der Waals surface area contributed by atoms with Gasteiger partial charge in [-0.3, -0.25) is 9.59 Å². The maximum atomic E-state index is 12.4. The summed E-state index contributed by atoms with van der Waals surface area (Å²) in [5.74, 6) is 0.822. The van der Waals surface area contributed by atoms with Crippen molar-refractivity contribution in [3.8, 4) is 0 Å². The van der Waals surface area contributed by atoms with Gasteiger partial charge in [0.15, 0.2) is 0 Å². The average molecular weight is 380 g/mol. The number of hydrogen-bond acceptors (Lipinski definition) is 3. The van der Waals surface area contributed by atoms with Crippen LogP contribution in [0.2, 0.25) is 0 Å². The topological polar surface area (TPSA) is 61.4 Å². The first-order chi connectivity index (χ1) is 13.6. The van der Waals surface area contributed by atoms with E-state index in [-0.39, 0.29) is 18.4 Å². The summed E-state index contributed by atoms with van der Waals surface area (Å²) in [6.07, 6.45) is 3.31. The number of nitrogens with one attached hydrogen (secondary N) is 2. The van der Waals surface area contributed by atoms with Crippen LogP contribution in [0.15, 0.2) is 54.6 Å².